The van der Waals surface area contributed by atoms with Gasteiger partial charge in [-0.2, -0.15) is 0 Å². The van der Waals surface area contributed by atoms with E-state index in [2.05, 4.69) is 275 Å². The van der Waals surface area contributed by atoms with Crippen LogP contribution in [0.4, 0.5) is 34.1 Å². The summed E-state index contributed by atoms with van der Waals surface area (Å²) in [6.45, 7) is 4.26. The van der Waals surface area contributed by atoms with Gasteiger partial charge in [0, 0.05) is 68.8 Å². The van der Waals surface area contributed by atoms with Crippen LogP contribution in [0.3, 0.4) is 0 Å². The zero-order chi connectivity index (χ0) is 47.0. The summed E-state index contributed by atoms with van der Waals surface area (Å²) in [6, 6.07) is 86.2. The third kappa shape index (κ3) is 7.97. The number of anilines is 6. The highest BCUT2D eigenvalue weighted by Crippen LogP contribution is 2.41. The van der Waals surface area contributed by atoms with Gasteiger partial charge in [-0.1, -0.05) is 157 Å². The third-order valence-electron chi connectivity index (χ3n) is 13.1. The summed E-state index contributed by atoms with van der Waals surface area (Å²) in [6.07, 6.45) is 4.18. The fourth-order valence-electron chi connectivity index (χ4n) is 9.56. The minimum atomic E-state index is 0.920. The first-order valence-corrected chi connectivity index (χ1v) is 23.7. The van der Waals surface area contributed by atoms with Crippen LogP contribution in [0.2, 0.25) is 0 Å². The Balaban J connectivity index is 0.850. The SMILES string of the molecule is Cc1ccc(N(c2ccc(-c3ccc(N(c4ccc(C)cc4)c4ccc(-c5nc6ccccn6c5-c5ccccc5)cc4)cc3)cc2)c2ccc(-c3nc4ccccn4c3-c3ccccc3)cc2)cc1. The third-order valence-corrected chi connectivity index (χ3v) is 13.1. The summed E-state index contributed by atoms with van der Waals surface area (Å²) < 4.78 is 4.36. The molecule has 0 spiro atoms. The highest BCUT2D eigenvalue weighted by molar-refractivity contribution is 5.87. The maximum atomic E-state index is 5.12. The molecule has 0 N–H and O–H groups in total. The molecule has 6 heteroatoms. The Morgan fingerprint density at radius 1 is 0.271 bits per heavy atom. The fraction of sp³-hybridized carbons (Fsp3) is 0.0312. The van der Waals surface area contributed by atoms with Crippen molar-refractivity contribution < 1.29 is 0 Å². The summed E-state index contributed by atoms with van der Waals surface area (Å²) >= 11 is 0. The molecule has 0 atom stereocenters. The average Bonchev–Trinajstić information content (AvgIpc) is 4.01. The fourth-order valence-corrected chi connectivity index (χ4v) is 9.56. The quantitative estimate of drug-likeness (QED) is 0.130. The Morgan fingerprint density at radius 3 is 0.886 bits per heavy atom. The Kier molecular flexibility index (Phi) is 10.9. The molecule has 12 aromatic rings. The predicted molar refractivity (Wildman–Crippen MR) is 290 cm³/mol. The van der Waals surface area contributed by atoms with E-state index < -0.39 is 0 Å². The van der Waals surface area contributed by atoms with Crippen molar-refractivity contribution in [1.29, 1.82) is 0 Å². The summed E-state index contributed by atoms with van der Waals surface area (Å²) in [7, 11) is 0. The Hall–Kier alpha value is -9.26. The van der Waals surface area contributed by atoms with Gasteiger partial charge < -0.3 is 9.80 Å². The number of aromatic nitrogens is 4. The molecule has 4 aromatic heterocycles. The normalized spacial score (nSPS) is 11.3. The van der Waals surface area contributed by atoms with Gasteiger partial charge in [0.2, 0.25) is 0 Å². The van der Waals surface area contributed by atoms with Crippen LogP contribution < -0.4 is 9.80 Å². The summed E-state index contributed by atoms with van der Waals surface area (Å²) in [5, 5.41) is 0. The Morgan fingerprint density at radius 2 is 0.557 bits per heavy atom. The second-order valence-electron chi connectivity index (χ2n) is 17.7. The first-order valence-electron chi connectivity index (χ1n) is 23.7. The molecule has 0 saturated heterocycles. The van der Waals surface area contributed by atoms with Crippen molar-refractivity contribution in [2.75, 3.05) is 9.80 Å². The molecule has 0 bridgehead atoms. The topological polar surface area (TPSA) is 41.1 Å². The van der Waals surface area contributed by atoms with Crippen molar-refractivity contribution in [2.24, 2.45) is 0 Å². The van der Waals surface area contributed by atoms with E-state index in [9.17, 15) is 0 Å². The molecule has 8 aromatic carbocycles. The lowest BCUT2D eigenvalue weighted by Gasteiger charge is -2.26. The molecule has 0 fully saturated rings. The van der Waals surface area contributed by atoms with E-state index in [0.29, 0.717) is 0 Å². The van der Waals surface area contributed by atoms with Crippen molar-refractivity contribution in [3.05, 3.63) is 266 Å². The summed E-state index contributed by atoms with van der Waals surface area (Å²) in [4.78, 5) is 14.9. The number of aryl methyl sites for hydroxylation is 2. The summed E-state index contributed by atoms with van der Waals surface area (Å²) in [5.41, 5.74) is 21.5. The van der Waals surface area contributed by atoms with E-state index in [4.69, 9.17) is 9.97 Å². The van der Waals surface area contributed by atoms with E-state index in [-0.39, 0.29) is 0 Å². The van der Waals surface area contributed by atoms with Gasteiger partial charge in [-0.05, 0) is 122 Å². The van der Waals surface area contributed by atoms with Crippen molar-refractivity contribution >= 4 is 45.4 Å². The van der Waals surface area contributed by atoms with E-state index in [1.807, 2.05) is 12.1 Å². The van der Waals surface area contributed by atoms with Crippen molar-refractivity contribution in [2.45, 2.75) is 13.8 Å². The molecule has 0 aliphatic rings. The second kappa shape index (κ2) is 18.1. The lowest BCUT2D eigenvalue weighted by atomic mass is 10.0. The van der Waals surface area contributed by atoms with Crippen LogP contribution in [0.25, 0.3) is 67.5 Å². The highest BCUT2D eigenvalue weighted by Gasteiger charge is 2.20. The van der Waals surface area contributed by atoms with Gasteiger partial charge in [0.05, 0.1) is 22.8 Å². The number of hydrogen-bond donors (Lipinski definition) is 0. The molecule has 4 heterocycles. The molecule has 334 valence electrons. The zero-order valence-electron chi connectivity index (χ0n) is 38.9. The van der Waals surface area contributed by atoms with Gasteiger partial charge in [0.1, 0.15) is 11.3 Å². The monoisotopic (exact) mass is 900 g/mol. The van der Waals surface area contributed by atoms with Crippen molar-refractivity contribution in [3.8, 4) is 56.2 Å². The molecule has 0 aliphatic carbocycles. The molecule has 0 radical (unpaired) electrons. The standard InChI is InChI=1S/C64H48N6/c1-45-19-31-53(32-20-45)69(57-39-27-49(28-40-57)61-63(51-13-5-3-6-14-51)67-43-11-9-17-59(67)65-61)55-35-23-47(24-36-55)48-25-37-56(38-26-48)70(54-33-21-46(2)22-34-54)58-41-29-50(30-42-58)62-64(52-15-7-4-8-16-52)68-44-12-10-18-60(68)66-62/h3-44H,1-2H3. The minimum Gasteiger partial charge on any atom is -0.311 e. The van der Waals surface area contributed by atoms with E-state index >= 15 is 0 Å². The number of pyridine rings is 2. The number of nitrogens with zero attached hydrogens (tertiary/aromatic N) is 6. The minimum absolute atomic E-state index is 0.920. The van der Waals surface area contributed by atoms with Gasteiger partial charge in [-0.25, -0.2) is 9.97 Å². The molecule has 0 aliphatic heterocycles. The van der Waals surface area contributed by atoms with Gasteiger partial charge in [0.25, 0.3) is 0 Å². The molecule has 0 unspecified atom stereocenters. The molecule has 70 heavy (non-hydrogen) atoms. The van der Waals surface area contributed by atoms with E-state index in [0.717, 1.165) is 102 Å². The van der Waals surface area contributed by atoms with Crippen LogP contribution in [0.1, 0.15) is 11.1 Å². The highest BCUT2D eigenvalue weighted by atomic mass is 15.1. The van der Waals surface area contributed by atoms with Gasteiger partial charge in [0.15, 0.2) is 0 Å². The van der Waals surface area contributed by atoms with Crippen LogP contribution >= 0.6 is 0 Å². The van der Waals surface area contributed by atoms with E-state index in [1.165, 1.54) is 11.1 Å². The zero-order valence-corrected chi connectivity index (χ0v) is 38.9. The maximum absolute atomic E-state index is 5.12. The van der Waals surface area contributed by atoms with Crippen LogP contribution in [-0.4, -0.2) is 18.8 Å². The Bertz CT molecular complexity index is 3480. The number of benzene rings is 8. The van der Waals surface area contributed by atoms with Crippen LogP contribution in [0, 0.1) is 13.8 Å². The average molecular weight is 901 g/mol. The van der Waals surface area contributed by atoms with Crippen molar-refractivity contribution in [1.82, 2.24) is 18.8 Å². The number of hydrogen-bond acceptors (Lipinski definition) is 4. The second-order valence-corrected chi connectivity index (χ2v) is 17.7. The molecule has 12 rings (SSSR count). The predicted octanol–water partition coefficient (Wildman–Crippen LogP) is 16.9. The van der Waals surface area contributed by atoms with Crippen molar-refractivity contribution in [3.63, 3.8) is 0 Å². The van der Waals surface area contributed by atoms with Gasteiger partial charge >= 0.3 is 0 Å². The number of fused-ring (bicyclic) bond motifs is 2. The Labute approximate surface area is 408 Å². The van der Waals surface area contributed by atoms with E-state index in [1.54, 1.807) is 0 Å². The lowest BCUT2D eigenvalue weighted by Crippen LogP contribution is -2.10. The lowest BCUT2D eigenvalue weighted by molar-refractivity contribution is 1.19. The first kappa shape index (κ1) is 42.1. The smallest absolute Gasteiger partial charge is 0.137 e. The number of imidazole rings is 2. The van der Waals surface area contributed by atoms with Gasteiger partial charge in [-0.3, -0.25) is 8.80 Å². The van der Waals surface area contributed by atoms with Crippen LogP contribution in [0.5, 0.6) is 0 Å². The maximum Gasteiger partial charge on any atom is 0.137 e. The first-order chi connectivity index (χ1) is 34.5. The molecule has 0 saturated carbocycles. The molecule has 0 amide bonds. The molecular weight excluding hydrogens is 853 g/mol. The molecular formula is C64H48N6. The van der Waals surface area contributed by atoms with Gasteiger partial charge in [-0.15, -0.1) is 0 Å². The number of rotatable bonds is 11. The van der Waals surface area contributed by atoms with Crippen LogP contribution in [0.15, 0.2) is 255 Å². The van der Waals surface area contributed by atoms with Crippen LogP contribution in [-0.2, 0) is 0 Å². The molecule has 6 nitrogen and oxygen atoms in total. The largest absolute Gasteiger partial charge is 0.311 e. The summed E-state index contributed by atoms with van der Waals surface area (Å²) in [5.74, 6) is 0.